The molecule has 0 bridgehead atoms. The highest BCUT2D eigenvalue weighted by Crippen LogP contribution is 2.43. The molecule has 0 spiro atoms. The lowest BCUT2D eigenvalue weighted by atomic mass is 10.0. The summed E-state index contributed by atoms with van der Waals surface area (Å²) in [5, 5.41) is 11.6. The number of hydrogen-bond acceptors (Lipinski definition) is 4. The van der Waals surface area contributed by atoms with Crippen LogP contribution in [0.3, 0.4) is 0 Å². The molecule has 0 fully saturated rings. The maximum atomic E-state index is 6.23. The third kappa shape index (κ3) is 1.95. The summed E-state index contributed by atoms with van der Waals surface area (Å²) in [6, 6.07) is 5.24. The van der Waals surface area contributed by atoms with Crippen molar-refractivity contribution in [3.8, 4) is 22.5 Å². The first-order chi connectivity index (χ1) is 9.59. The van der Waals surface area contributed by atoms with Gasteiger partial charge in [-0.05, 0) is 19.1 Å². The maximum Gasteiger partial charge on any atom is 0.180 e. The Hall–Kier alpha value is -1.98. The van der Waals surface area contributed by atoms with Crippen LogP contribution in [0.4, 0.5) is 5.82 Å². The Morgan fingerprint density at radius 2 is 1.90 bits per heavy atom. The predicted octanol–water partition coefficient (Wildman–Crippen LogP) is 3.93. The van der Waals surface area contributed by atoms with Gasteiger partial charge >= 0.3 is 0 Å². The van der Waals surface area contributed by atoms with Crippen LogP contribution in [0.5, 0.6) is 0 Å². The summed E-state index contributed by atoms with van der Waals surface area (Å²) in [5.41, 5.74) is 8.69. The van der Waals surface area contributed by atoms with Crippen molar-refractivity contribution in [2.24, 2.45) is 0 Å². The van der Waals surface area contributed by atoms with Crippen LogP contribution in [0, 0.1) is 6.92 Å². The average molecular weight is 309 g/mol. The lowest BCUT2D eigenvalue weighted by molar-refractivity contribution is 0.436. The van der Waals surface area contributed by atoms with Crippen molar-refractivity contribution in [1.29, 1.82) is 0 Å². The number of H-pyrrole nitrogens is 1. The number of aryl methyl sites for hydroxylation is 1. The Balaban J connectivity index is 2.31. The second kappa shape index (κ2) is 4.85. The van der Waals surface area contributed by atoms with Crippen LogP contribution in [0.2, 0.25) is 10.0 Å². The van der Waals surface area contributed by atoms with Gasteiger partial charge in [0.15, 0.2) is 11.6 Å². The Morgan fingerprint density at radius 3 is 2.50 bits per heavy atom. The van der Waals surface area contributed by atoms with Gasteiger partial charge in [-0.25, -0.2) is 0 Å². The van der Waals surface area contributed by atoms with Crippen molar-refractivity contribution >= 4 is 29.0 Å². The summed E-state index contributed by atoms with van der Waals surface area (Å²) in [7, 11) is 0. The highest BCUT2D eigenvalue weighted by atomic mass is 35.5. The molecule has 2 aromatic heterocycles. The molecule has 102 valence electrons. The average Bonchev–Trinajstić information content (AvgIpc) is 2.97. The number of nitrogens with two attached hydrogens (primary N) is 1. The van der Waals surface area contributed by atoms with Crippen molar-refractivity contribution in [3.05, 3.63) is 40.1 Å². The first-order valence-corrected chi connectivity index (χ1v) is 6.55. The molecule has 3 N–H and O–H groups in total. The third-order valence-corrected chi connectivity index (χ3v) is 3.64. The molecule has 1 aromatic carbocycles. The molecule has 0 saturated heterocycles. The highest BCUT2D eigenvalue weighted by Gasteiger charge is 2.23. The molecule has 7 heteroatoms. The van der Waals surface area contributed by atoms with E-state index in [0.717, 1.165) is 11.3 Å². The molecule has 5 nitrogen and oxygen atoms in total. The maximum absolute atomic E-state index is 6.23. The second-order valence-corrected chi connectivity index (χ2v) is 5.09. The van der Waals surface area contributed by atoms with E-state index in [4.69, 9.17) is 33.5 Å². The lowest BCUT2D eigenvalue weighted by Crippen LogP contribution is -1.91. The molecular formula is C13H10Cl2N4O. The van der Waals surface area contributed by atoms with E-state index in [9.17, 15) is 0 Å². The van der Waals surface area contributed by atoms with Gasteiger partial charge in [0.2, 0.25) is 0 Å². The number of nitrogen functional groups attached to an aromatic ring is 1. The topological polar surface area (TPSA) is 80.7 Å². The van der Waals surface area contributed by atoms with Gasteiger partial charge in [-0.1, -0.05) is 34.4 Å². The third-order valence-electron chi connectivity index (χ3n) is 3.01. The quantitative estimate of drug-likeness (QED) is 0.751. The van der Waals surface area contributed by atoms with E-state index in [-0.39, 0.29) is 5.82 Å². The zero-order valence-electron chi connectivity index (χ0n) is 10.4. The SMILES string of the molecule is Cc1[nH]ncc1-c1onc(N)c1-c1c(Cl)cccc1Cl. The Morgan fingerprint density at radius 1 is 1.20 bits per heavy atom. The van der Waals surface area contributed by atoms with Gasteiger partial charge in [-0.3, -0.25) is 5.10 Å². The number of halogens is 2. The summed E-state index contributed by atoms with van der Waals surface area (Å²) in [6.07, 6.45) is 1.64. The molecule has 0 saturated carbocycles. The van der Waals surface area contributed by atoms with Crippen LogP contribution >= 0.6 is 23.2 Å². The van der Waals surface area contributed by atoms with Gasteiger partial charge < -0.3 is 10.3 Å². The molecule has 3 rings (SSSR count). The molecule has 0 unspecified atom stereocenters. The van der Waals surface area contributed by atoms with Crippen molar-refractivity contribution < 1.29 is 4.52 Å². The fraction of sp³-hybridized carbons (Fsp3) is 0.0769. The minimum absolute atomic E-state index is 0.232. The first-order valence-electron chi connectivity index (χ1n) is 5.79. The molecular weight excluding hydrogens is 299 g/mol. The molecule has 2 heterocycles. The molecule has 20 heavy (non-hydrogen) atoms. The number of benzene rings is 1. The van der Waals surface area contributed by atoms with E-state index in [1.54, 1.807) is 24.4 Å². The predicted molar refractivity (Wildman–Crippen MR) is 78.7 cm³/mol. The van der Waals surface area contributed by atoms with Crippen molar-refractivity contribution in [2.75, 3.05) is 5.73 Å². The number of nitrogens with zero attached hydrogens (tertiary/aromatic N) is 2. The fourth-order valence-electron chi connectivity index (χ4n) is 2.04. The number of anilines is 1. The zero-order chi connectivity index (χ0) is 14.3. The van der Waals surface area contributed by atoms with Crippen LogP contribution < -0.4 is 5.73 Å². The smallest absolute Gasteiger partial charge is 0.180 e. The second-order valence-electron chi connectivity index (χ2n) is 4.28. The molecule has 3 aromatic rings. The van der Waals surface area contributed by atoms with Gasteiger partial charge in [0, 0.05) is 11.3 Å². The normalized spacial score (nSPS) is 10.9. The Labute approximate surface area is 124 Å². The van der Waals surface area contributed by atoms with E-state index in [1.165, 1.54) is 0 Å². The molecule has 0 aliphatic rings. The lowest BCUT2D eigenvalue weighted by Gasteiger charge is -2.06. The fourth-order valence-corrected chi connectivity index (χ4v) is 2.63. The Bertz CT molecular complexity index is 758. The summed E-state index contributed by atoms with van der Waals surface area (Å²) in [5.74, 6) is 0.722. The van der Waals surface area contributed by atoms with Crippen LogP contribution in [0.1, 0.15) is 5.69 Å². The van der Waals surface area contributed by atoms with E-state index >= 15 is 0 Å². The minimum Gasteiger partial charge on any atom is -0.380 e. The monoisotopic (exact) mass is 308 g/mol. The Kier molecular flexibility index (Phi) is 3.16. The van der Waals surface area contributed by atoms with Gasteiger partial charge in [0.1, 0.15) is 0 Å². The van der Waals surface area contributed by atoms with Crippen LogP contribution in [0.25, 0.3) is 22.5 Å². The minimum atomic E-state index is 0.232. The number of rotatable bonds is 2. The zero-order valence-corrected chi connectivity index (χ0v) is 12.0. The van der Waals surface area contributed by atoms with E-state index in [0.29, 0.717) is 26.9 Å². The number of aromatic amines is 1. The number of nitrogens with one attached hydrogen (secondary N) is 1. The van der Waals surface area contributed by atoms with E-state index in [1.807, 2.05) is 6.92 Å². The summed E-state index contributed by atoms with van der Waals surface area (Å²) in [4.78, 5) is 0. The number of hydrogen-bond donors (Lipinski definition) is 2. The van der Waals surface area contributed by atoms with Crippen LogP contribution in [-0.2, 0) is 0 Å². The van der Waals surface area contributed by atoms with Crippen molar-refractivity contribution in [1.82, 2.24) is 15.4 Å². The molecule has 0 amide bonds. The molecule has 0 radical (unpaired) electrons. The largest absolute Gasteiger partial charge is 0.380 e. The van der Waals surface area contributed by atoms with E-state index < -0.39 is 0 Å². The standard InChI is InChI=1S/C13H10Cl2N4O/c1-6-7(5-17-18-6)12-11(13(16)19-20-12)10-8(14)3-2-4-9(10)15/h2-5H,1H3,(H2,16,19)(H,17,18). The molecule has 0 aliphatic carbocycles. The first kappa shape index (κ1) is 13.0. The summed E-state index contributed by atoms with van der Waals surface area (Å²) < 4.78 is 5.33. The summed E-state index contributed by atoms with van der Waals surface area (Å²) >= 11 is 12.5. The van der Waals surface area contributed by atoms with E-state index in [2.05, 4.69) is 15.4 Å². The van der Waals surface area contributed by atoms with Crippen molar-refractivity contribution in [2.45, 2.75) is 6.92 Å². The molecule has 0 aliphatic heterocycles. The van der Waals surface area contributed by atoms with Crippen LogP contribution in [0.15, 0.2) is 28.9 Å². The number of aromatic nitrogens is 3. The van der Waals surface area contributed by atoms with Crippen LogP contribution in [-0.4, -0.2) is 15.4 Å². The van der Waals surface area contributed by atoms with Gasteiger partial charge in [-0.15, -0.1) is 0 Å². The molecule has 0 atom stereocenters. The van der Waals surface area contributed by atoms with Gasteiger partial charge in [0.25, 0.3) is 0 Å². The van der Waals surface area contributed by atoms with Gasteiger partial charge in [0.05, 0.1) is 27.4 Å². The van der Waals surface area contributed by atoms with Gasteiger partial charge in [-0.2, -0.15) is 5.10 Å². The summed E-state index contributed by atoms with van der Waals surface area (Å²) in [6.45, 7) is 1.87. The van der Waals surface area contributed by atoms with Crippen molar-refractivity contribution in [3.63, 3.8) is 0 Å². The highest BCUT2D eigenvalue weighted by molar-refractivity contribution is 6.39.